The Morgan fingerprint density at radius 2 is 0.556 bits per heavy atom. The fraction of sp³-hybridized carbons (Fsp3) is 0.215. The lowest BCUT2D eigenvalue weighted by Crippen LogP contribution is -2.24. The third-order valence-electron chi connectivity index (χ3n) is 9.87. The van der Waals surface area contributed by atoms with E-state index in [4.69, 9.17) is 21.0 Å². The average Bonchev–Trinajstić information content (AvgIpc) is 3.97. The Labute approximate surface area is 433 Å². The fourth-order valence-corrected chi connectivity index (χ4v) is 9.68. The van der Waals surface area contributed by atoms with E-state index in [1.54, 1.807) is 26.0 Å². The minimum Gasteiger partial charge on any atom is -0.309 e. The van der Waals surface area contributed by atoms with E-state index < -0.39 is 7.14 Å². The van der Waals surface area contributed by atoms with Gasteiger partial charge >= 0.3 is 0 Å². The summed E-state index contributed by atoms with van der Waals surface area (Å²) >= 11 is 0. The van der Waals surface area contributed by atoms with Crippen molar-refractivity contribution in [3.8, 4) is 46.5 Å². The van der Waals surface area contributed by atoms with Gasteiger partial charge in [-0.2, -0.15) is 21.0 Å². The van der Waals surface area contributed by atoms with Gasteiger partial charge in [-0.25, -0.2) is 0 Å². The molecule has 2 aliphatic rings. The Balaban J connectivity index is 0.000000898. The number of rotatable bonds is 3. The number of carbonyl (C=O) groups is 1. The van der Waals surface area contributed by atoms with E-state index in [-0.39, 0.29) is 16.9 Å². The molecular formula is C65H73N4O2P. The minimum absolute atomic E-state index is 0.149. The summed E-state index contributed by atoms with van der Waals surface area (Å²) in [5.41, 5.74) is 9.81. The topological polar surface area (TPSA) is 129 Å². The quantitative estimate of drug-likeness (QED) is 0.128. The summed E-state index contributed by atoms with van der Waals surface area (Å²) in [5, 5.41) is 37.2. The van der Waals surface area contributed by atoms with Crippen molar-refractivity contribution in [2.45, 2.75) is 96.9 Å². The first-order valence-electron chi connectivity index (χ1n) is 25.0. The molecule has 0 aromatic heterocycles. The lowest BCUT2D eigenvalue weighted by Gasteiger charge is -2.19. The Morgan fingerprint density at radius 3 is 0.778 bits per heavy atom. The molecule has 72 heavy (non-hydrogen) atoms. The van der Waals surface area contributed by atoms with E-state index >= 15 is 0 Å². The monoisotopic (exact) mass is 973 g/mol. The third-order valence-corrected chi connectivity index (χ3v) is 12.9. The highest BCUT2D eigenvalue weighted by molar-refractivity contribution is 7.85. The van der Waals surface area contributed by atoms with Crippen LogP contribution >= 0.6 is 7.14 Å². The maximum Gasteiger partial charge on any atom is 0.194 e. The summed E-state index contributed by atoms with van der Waals surface area (Å²) in [6.45, 7) is 27.5. The summed E-state index contributed by atoms with van der Waals surface area (Å²) in [6.07, 6.45) is 0. The van der Waals surface area contributed by atoms with Gasteiger partial charge in [0, 0.05) is 32.6 Å². The van der Waals surface area contributed by atoms with E-state index in [1.807, 2.05) is 283 Å². The van der Waals surface area contributed by atoms with E-state index in [0.717, 1.165) is 71.6 Å². The van der Waals surface area contributed by atoms with Gasteiger partial charge in [-0.05, 0) is 52.8 Å². The fourth-order valence-electron chi connectivity index (χ4n) is 7.01. The van der Waals surface area contributed by atoms with Crippen molar-refractivity contribution in [1.82, 2.24) is 0 Å². The van der Waals surface area contributed by atoms with Crippen LogP contribution in [0.2, 0.25) is 0 Å². The molecule has 7 aromatic carbocycles. The highest BCUT2D eigenvalue weighted by Crippen LogP contribution is 2.45. The Morgan fingerprint density at radius 1 is 0.333 bits per heavy atom. The van der Waals surface area contributed by atoms with Gasteiger partial charge in [0.2, 0.25) is 0 Å². The molecule has 7 aromatic rings. The lowest BCUT2D eigenvalue weighted by molar-refractivity contribution is 0.104. The molecule has 2 aliphatic carbocycles. The zero-order chi connectivity index (χ0) is 54.5. The maximum atomic E-state index is 13.8. The number of nitriles is 4. The second kappa shape index (κ2) is 36.8. The standard InChI is InChI=1S/C18H15OP.C16H8N2.C13H8O.C6H6N2.6C2H6/c19-20(16-10-4-1-5-11-16,17-12-6-2-7-13-17)18-14-8-3-9-15-18;17-9-11(10-18)16-14-7-3-1-5-12(14)13-6-2-4-8-15(13)16;14-13-11-7-3-1-5-9(11)10-6-2-4-8-12(10)13;1-5(2)6(3-7)4-8;6*1-2/h1-15H;1-8H;1-8H;1-2H3;6*1-2H3. The van der Waals surface area contributed by atoms with Gasteiger partial charge in [0.1, 0.15) is 35.4 Å². The van der Waals surface area contributed by atoms with Crippen molar-refractivity contribution in [2.24, 2.45) is 0 Å². The third kappa shape index (κ3) is 16.5. The van der Waals surface area contributed by atoms with Crippen LogP contribution < -0.4 is 15.9 Å². The molecule has 6 nitrogen and oxygen atoms in total. The number of benzene rings is 7. The molecule has 0 amide bonds. The number of allylic oxidation sites excluding steroid dienone is 3. The molecule has 370 valence electrons. The number of carbonyl (C=O) groups excluding carboxylic acids is 1. The van der Waals surface area contributed by atoms with Crippen LogP contribution in [0.15, 0.2) is 205 Å². The van der Waals surface area contributed by atoms with E-state index in [9.17, 15) is 9.36 Å². The highest BCUT2D eigenvalue weighted by atomic mass is 31.2. The number of hydrogen-bond acceptors (Lipinski definition) is 6. The van der Waals surface area contributed by atoms with Crippen molar-refractivity contribution in [1.29, 1.82) is 21.0 Å². The summed E-state index contributed by atoms with van der Waals surface area (Å²) in [4.78, 5) is 11.9. The molecule has 0 bridgehead atoms. The zero-order valence-electron chi connectivity index (χ0n) is 45.0. The highest BCUT2D eigenvalue weighted by Gasteiger charge is 2.29. The SMILES string of the molecule is CC.CC.CC.CC.CC.CC.CC(C)=C(C#N)C#N.N#CC(C#N)=C1c2ccccc2-c2ccccc21.O=C1c2ccccc2-c2ccccc21.O=P(c1ccccc1)(c1ccccc1)c1ccccc1. The number of ketones is 1. The van der Waals surface area contributed by atoms with Crippen molar-refractivity contribution in [3.05, 3.63) is 227 Å². The number of hydrogen-bond donors (Lipinski definition) is 0. The summed E-state index contributed by atoms with van der Waals surface area (Å²) in [7, 11) is -2.78. The van der Waals surface area contributed by atoms with Crippen LogP contribution in [0.4, 0.5) is 0 Å². The first kappa shape index (κ1) is 63.9. The van der Waals surface area contributed by atoms with Crippen LogP contribution in [0.5, 0.6) is 0 Å². The summed E-state index contributed by atoms with van der Waals surface area (Å²) < 4.78 is 13.8. The Hall–Kier alpha value is -8.12. The van der Waals surface area contributed by atoms with Crippen molar-refractivity contribution in [3.63, 3.8) is 0 Å². The second-order valence-corrected chi connectivity index (χ2v) is 16.5. The molecule has 0 atom stereocenters. The van der Waals surface area contributed by atoms with Crippen LogP contribution in [0.3, 0.4) is 0 Å². The van der Waals surface area contributed by atoms with Crippen LogP contribution in [0.25, 0.3) is 27.8 Å². The molecule has 0 unspecified atom stereocenters. The molecule has 0 radical (unpaired) electrons. The lowest BCUT2D eigenvalue weighted by atomic mass is 9.99. The van der Waals surface area contributed by atoms with E-state index in [0.29, 0.717) is 0 Å². The van der Waals surface area contributed by atoms with Crippen LogP contribution in [-0.4, -0.2) is 5.78 Å². The molecule has 7 heteroatoms. The second-order valence-electron chi connectivity index (χ2n) is 13.7. The molecule has 9 rings (SSSR count). The van der Waals surface area contributed by atoms with Gasteiger partial charge < -0.3 is 4.57 Å². The number of fused-ring (bicyclic) bond motifs is 6. The molecule has 0 saturated carbocycles. The van der Waals surface area contributed by atoms with Gasteiger partial charge in [-0.1, -0.05) is 271 Å². The normalized spacial score (nSPS) is 9.53. The van der Waals surface area contributed by atoms with Gasteiger partial charge in [0.05, 0.1) is 0 Å². The molecule has 0 heterocycles. The van der Waals surface area contributed by atoms with Gasteiger partial charge in [-0.3, -0.25) is 4.79 Å². The molecule has 0 fully saturated rings. The zero-order valence-corrected chi connectivity index (χ0v) is 45.8. The summed E-state index contributed by atoms with van der Waals surface area (Å²) in [6, 6.07) is 67.9. The Kier molecular flexibility index (Phi) is 32.7. The first-order chi connectivity index (χ1) is 35.3. The van der Waals surface area contributed by atoms with E-state index in [2.05, 4.69) is 0 Å². The molecule has 0 spiro atoms. The first-order valence-corrected chi connectivity index (χ1v) is 26.7. The predicted molar refractivity (Wildman–Crippen MR) is 308 cm³/mol. The average molecular weight is 973 g/mol. The van der Waals surface area contributed by atoms with Crippen LogP contribution in [-0.2, 0) is 4.57 Å². The predicted octanol–water partition coefficient (Wildman–Crippen LogP) is 17.3. The molecular weight excluding hydrogens is 900 g/mol. The van der Waals surface area contributed by atoms with E-state index in [1.165, 1.54) is 0 Å². The van der Waals surface area contributed by atoms with Gasteiger partial charge in [0.15, 0.2) is 12.9 Å². The Bertz CT molecular complexity index is 2750. The van der Waals surface area contributed by atoms with Crippen molar-refractivity contribution in [2.75, 3.05) is 0 Å². The largest absolute Gasteiger partial charge is 0.309 e. The number of nitrogens with zero attached hydrogens (tertiary/aromatic N) is 4. The van der Waals surface area contributed by atoms with Gasteiger partial charge in [-0.15, -0.1) is 0 Å². The van der Waals surface area contributed by atoms with Crippen LogP contribution in [0, 0.1) is 45.3 Å². The molecule has 0 N–H and O–H groups in total. The summed E-state index contributed by atoms with van der Waals surface area (Å²) in [5.74, 6) is 0.149. The van der Waals surface area contributed by atoms with Crippen molar-refractivity contribution < 1.29 is 9.36 Å². The molecule has 0 aliphatic heterocycles. The molecule has 0 saturated heterocycles. The van der Waals surface area contributed by atoms with Crippen LogP contribution in [0.1, 0.15) is 124 Å². The minimum atomic E-state index is -2.78. The maximum absolute atomic E-state index is 13.8. The van der Waals surface area contributed by atoms with Crippen molar-refractivity contribution >= 4 is 34.4 Å². The smallest absolute Gasteiger partial charge is 0.194 e. The van der Waals surface area contributed by atoms with Gasteiger partial charge in [0.25, 0.3) is 0 Å².